The first-order chi connectivity index (χ1) is 7.97. The van der Waals surface area contributed by atoms with Crippen LogP contribution in [0.2, 0.25) is 10.2 Å². The van der Waals surface area contributed by atoms with Crippen molar-refractivity contribution in [2.24, 2.45) is 7.05 Å². The van der Waals surface area contributed by atoms with E-state index in [1.165, 1.54) is 10.6 Å². The summed E-state index contributed by atoms with van der Waals surface area (Å²) < 4.78 is 1.52. The molecule has 6 heteroatoms. The minimum Gasteiger partial charge on any atom is -0.393 e. The predicted molar refractivity (Wildman–Crippen MR) is 68.7 cm³/mol. The first-order valence-corrected chi connectivity index (χ1v) is 6.20. The van der Waals surface area contributed by atoms with Gasteiger partial charge in [0, 0.05) is 13.6 Å². The van der Waals surface area contributed by atoms with E-state index in [0.717, 1.165) is 0 Å². The van der Waals surface area contributed by atoms with E-state index in [4.69, 9.17) is 23.2 Å². The number of aliphatic hydroxyl groups is 1. The molecule has 2 N–H and O–H groups in total. The van der Waals surface area contributed by atoms with Crippen molar-refractivity contribution in [2.45, 2.75) is 25.9 Å². The number of nitrogens with zero attached hydrogens (tertiary/aromatic N) is 1. The average Bonchev–Trinajstić information content (AvgIpc) is 2.56. The molecule has 0 saturated heterocycles. The van der Waals surface area contributed by atoms with Gasteiger partial charge in [-0.15, -0.1) is 0 Å². The van der Waals surface area contributed by atoms with E-state index >= 15 is 0 Å². The van der Waals surface area contributed by atoms with Crippen LogP contribution in [0.4, 0.5) is 0 Å². The molecule has 4 nitrogen and oxygen atoms in total. The molecular weight excluding hydrogens is 263 g/mol. The first kappa shape index (κ1) is 14.4. The Morgan fingerprint density at radius 3 is 2.71 bits per heavy atom. The Morgan fingerprint density at radius 1 is 1.59 bits per heavy atom. The monoisotopic (exact) mass is 278 g/mol. The van der Waals surface area contributed by atoms with Gasteiger partial charge >= 0.3 is 0 Å². The maximum Gasteiger partial charge on any atom is 0.267 e. The van der Waals surface area contributed by atoms with Crippen molar-refractivity contribution in [1.29, 1.82) is 0 Å². The van der Waals surface area contributed by atoms with Gasteiger partial charge in [-0.3, -0.25) is 4.79 Å². The Balaban J connectivity index is 2.56. The maximum atomic E-state index is 11.8. The van der Waals surface area contributed by atoms with E-state index in [1.54, 1.807) is 7.05 Å². The Morgan fingerprint density at radius 2 is 2.24 bits per heavy atom. The first-order valence-electron chi connectivity index (χ1n) is 5.44. The van der Waals surface area contributed by atoms with Crippen molar-refractivity contribution < 1.29 is 9.90 Å². The number of hydrogen-bond acceptors (Lipinski definition) is 2. The summed E-state index contributed by atoms with van der Waals surface area (Å²) in [5, 5.41) is 12.7. The van der Waals surface area contributed by atoms with Gasteiger partial charge < -0.3 is 15.0 Å². The lowest BCUT2D eigenvalue weighted by Gasteiger charge is -2.09. The number of carbonyl (C=O) groups is 1. The van der Waals surface area contributed by atoms with Crippen LogP contribution < -0.4 is 5.32 Å². The van der Waals surface area contributed by atoms with E-state index < -0.39 is 0 Å². The molecule has 0 aliphatic carbocycles. The summed E-state index contributed by atoms with van der Waals surface area (Å²) in [6, 6.07) is 1.52. The molecular formula is C11H16Cl2N2O2. The second-order valence-electron chi connectivity index (χ2n) is 3.83. The van der Waals surface area contributed by atoms with Crippen LogP contribution in [0.3, 0.4) is 0 Å². The molecule has 0 spiro atoms. The topological polar surface area (TPSA) is 54.3 Å². The zero-order valence-electron chi connectivity index (χ0n) is 9.83. The number of carbonyl (C=O) groups excluding carboxylic acids is 1. The second kappa shape index (κ2) is 6.28. The molecule has 1 rings (SSSR count). The van der Waals surface area contributed by atoms with Crippen LogP contribution in [0.1, 0.15) is 30.3 Å². The molecule has 0 bridgehead atoms. The Labute approximate surface area is 111 Å². The third kappa shape index (κ3) is 3.63. The maximum absolute atomic E-state index is 11.8. The van der Waals surface area contributed by atoms with E-state index in [1.807, 2.05) is 6.92 Å². The van der Waals surface area contributed by atoms with Crippen LogP contribution in [0, 0.1) is 0 Å². The van der Waals surface area contributed by atoms with Gasteiger partial charge in [0.25, 0.3) is 5.91 Å². The molecule has 0 aliphatic rings. The highest BCUT2D eigenvalue weighted by Crippen LogP contribution is 2.24. The molecule has 1 aromatic heterocycles. The molecule has 0 saturated carbocycles. The number of amides is 1. The Kier molecular flexibility index (Phi) is 5.31. The smallest absolute Gasteiger partial charge is 0.267 e. The van der Waals surface area contributed by atoms with Crippen LogP contribution >= 0.6 is 23.2 Å². The van der Waals surface area contributed by atoms with Crippen molar-refractivity contribution in [3.63, 3.8) is 0 Å². The summed E-state index contributed by atoms with van der Waals surface area (Å²) >= 11 is 11.7. The highest BCUT2D eigenvalue weighted by Gasteiger charge is 2.15. The molecule has 17 heavy (non-hydrogen) atoms. The lowest BCUT2D eigenvalue weighted by molar-refractivity contribution is 0.0934. The van der Waals surface area contributed by atoms with Gasteiger partial charge in [0.05, 0.1) is 11.1 Å². The van der Waals surface area contributed by atoms with Gasteiger partial charge in [-0.1, -0.05) is 30.1 Å². The van der Waals surface area contributed by atoms with Gasteiger partial charge in [0.2, 0.25) is 0 Å². The third-order valence-corrected chi connectivity index (χ3v) is 3.43. The van der Waals surface area contributed by atoms with E-state index in [2.05, 4.69) is 5.32 Å². The Hall–Kier alpha value is -0.710. The quantitative estimate of drug-likeness (QED) is 0.868. The van der Waals surface area contributed by atoms with Crippen LogP contribution in [-0.2, 0) is 7.05 Å². The summed E-state index contributed by atoms with van der Waals surface area (Å²) in [5.41, 5.74) is 0.408. The zero-order chi connectivity index (χ0) is 13.0. The molecule has 0 aromatic carbocycles. The fourth-order valence-electron chi connectivity index (χ4n) is 1.41. The van der Waals surface area contributed by atoms with E-state index in [9.17, 15) is 9.90 Å². The fourth-order valence-corrected chi connectivity index (χ4v) is 1.78. The molecule has 96 valence electrons. The SMILES string of the molecule is CCC(O)CCNC(=O)c1cc(Cl)c(Cl)n1C. The molecule has 1 amide bonds. The second-order valence-corrected chi connectivity index (χ2v) is 4.60. The van der Waals surface area contributed by atoms with Crippen molar-refractivity contribution in [2.75, 3.05) is 6.54 Å². The summed E-state index contributed by atoms with van der Waals surface area (Å²) in [7, 11) is 1.67. The summed E-state index contributed by atoms with van der Waals surface area (Å²) in [6.07, 6.45) is 0.835. The highest BCUT2D eigenvalue weighted by molar-refractivity contribution is 6.41. The van der Waals surface area contributed by atoms with Gasteiger partial charge in [-0.2, -0.15) is 0 Å². The molecule has 1 unspecified atom stereocenters. The number of aliphatic hydroxyl groups excluding tert-OH is 1. The largest absolute Gasteiger partial charge is 0.393 e. The molecule has 1 atom stereocenters. The average molecular weight is 279 g/mol. The number of halogens is 2. The van der Waals surface area contributed by atoms with Crippen molar-refractivity contribution in [3.8, 4) is 0 Å². The molecule has 1 aromatic rings. The van der Waals surface area contributed by atoms with Gasteiger partial charge in [-0.25, -0.2) is 0 Å². The van der Waals surface area contributed by atoms with Gasteiger partial charge in [-0.05, 0) is 18.9 Å². The lowest BCUT2D eigenvalue weighted by atomic mass is 10.2. The highest BCUT2D eigenvalue weighted by atomic mass is 35.5. The van der Waals surface area contributed by atoms with Crippen molar-refractivity contribution in [1.82, 2.24) is 9.88 Å². The van der Waals surface area contributed by atoms with Crippen molar-refractivity contribution in [3.05, 3.63) is 21.9 Å². The minimum atomic E-state index is -0.379. The predicted octanol–water partition coefficient (Wildman–Crippen LogP) is 2.22. The van der Waals surface area contributed by atoms with E-state index in [0.29, 0.717) is 35.3 Å². The summed E-state index contributed by atoms with van der Waals surface area (Å²) in [5.74, 6) is -0.246. The standard InChI is InChI=1S/C11H16Cl2N2O2/c1-3-7(16)4-5-14-11(17)9-6-8(12)10(13)15(9)2/h6-7,16H,3-5H2,1-2H3,(H,14,17). The summed E-state index contributed by atoms with van der Waals surface area (Å²) in [4.78, 5) is 11.8. The van der Waals surface area contributed by atoms with Gasteiger partial charge in [0.1, 0.15) is 10.8 Å². The van der Waals surface area contributed by atoms with Crippen LogP contribution in [-0.4, -0.2) is 28.2 Å². The number of nitrogens with one attached hydrogen (secondary N) is 1. The minimum absolute atomic E-state index is 0.246. The van der Waals surface area contributed by atoms with Crippen LogP contribution in [0.25, 0.3) is 0 Å². The number of aromatic nitrogens is 1. The van der Waals surface area contributed by atoms with Crippen LogP contribution in [0.15, 0.2) is 6.07 Å². The Bertz CT molecular complexity index is 404. The number of rotatable bonds is 5. The lowest BCUT2D eigenvalue weighted by Crippen LogP contribution is -2.28. The molecule has 1 heterocycles. The van der Waals surface area contributed by atoms with Crippen molar-refractivity contribution >= 4 is 29.1 Å². The molecule has 0 aliphatic heterocycles. The summed E-state index contributed by atoms with van der Waals surface area (Å²) in [6.45, 7) is 2.32. The van der Waals surface area contributed by atoms with Crippen LogP contribution in [0.5, 0.6) is 0 Å². The molecule has 0 fully saturated rings. The fraction of sp³-hybridized carbons (Fsp3) is 0.545. The zero-order valence-corrected chi connectivity index (χ0v) is 11.3. The normalized spacial score (nSPS) is 12.5. The van der Waals surface area contributed by atoms with E-state index in [-0.39, 0.29) is 12.0 Å². The van der Waals surface area contributed by atoms with Gasteiger partial charge in [0.15, 0.2) is 0 Å². The number of hydrogen-bond donors (Lipinski definition) is 2. The molecule has 0 radical (unpaired) electrons. The third-order valence-electron chi connectivity index (χ3n) is 2.58.